The van der Waals surface area contributed by atoms with E-state index in [1.807, 2.05) is 6.07 Å². The number of benzene rings is 1. The van der Waals surface area contributed by atoms with Crippen LogP contribution in [0.25, 0.3) is 0 Å². The molecule has 3 rings (SSSR count). The van der Waals surface area contributed by atoms with Crippen LogP contribution >= 0.6 is 0 Å². The van der Waals surface area contributed by atoms with Gasteiger partial charge in [0.1, 0.15) is 5.82 Å². The van der Waals surface area contributed by atoms with E-state index in [9.17, 15) is 0 Å². The second kappa shape index (κ2) is 3.62. The van der Waals surface area contributed by atoms with E-state index in [1.54, 1.807) is 0 Å². The van der Waals surface area contributed by atoms with Crippen molar-refractivity contribution in [3.8, 4) is 0 Å². The van der Waals surface area contributed by atoms with Crippen LogP contribution in [0.1, 0.15) is 36.1 Å². The number of aryl methyl sites for hydroxylation is 1. The van der Waals surface area contributed by atoms with Gasteiger partial charge in [-0.15, -0.1) is 0 Å². The molecule has 1 aliphatic rings. The molecule has 17 heavy (non-hydrogen) atoms. The molecule has 3 heteroatoms. The quantitative estimate of drug-likeness (QED) is 0.828. The molecule has 3 nitrogen and oxygen atoms in total. The second-order valence-electron chi connectivity index (χ2n) is 5.01. The Morgan fingerprint density at radius 1 is 1.24 bits per heavy atom. The zero-order valence-corrected chi connectivity index (χ0v) is 10.0. The van der Waals surface area contributed by atoms with Gasteiger partial charge < -0.3 is 5.73 Å². The topological polar surface area (TPSA) is 54.7 Å². The van der Waals surface area contributed by atoms with Gasteiger partial charge in [0.2, 0.25) is 0 Å². The van der Waals surface area contributed by atoms with Crippen LogP contribution in [0.3, 0.4) is 0 Å². The summed E-state index contributed by atoms with van der Waals surface area (Å²) in [6.07, 6.45) is 3.63. The van der Waals surface area contributed by atoms with Crippen molar-refractivity contribution in [1.82, 2.24) is 10.2 Å². The van der Waals surface area contributed by atoms with E-state index in [-0.39, 0.29) is 5.41 Å². The molecule has 1 aromatic heterocycles. The molecule has 0 aliphatic heterocycles. The maximum Gasteiger partial charge on any atom is 0.145 e. The summed E-state index contributed by atoms with van der Waals surface area (Å²) in [4.78, 5) is 0. The largest absolute Gasteiger partial charge is 0.382 e. The van der Waals surface area contributed by atoms with Crippen molar-refractivity contribution in [1.29, 1.82) is 0 Å². The highest BCUT2D eigenvalue weighted by atomic mass is 15.2. The highest BCUT2D eigenvalue weighted by Crippen LogP contribution is 2.48. The number of hydrogen-bond acceptors (Lipinski definition) is 2. The first kappa shape index (κ1) is 10.4. The molecule has 1 saturated carbocycles. The van der Waals surface area contributed by atoms with Gasteiger partial charge in [-0.25, -0.2) is 0 Å². The van der Waals surface area contributed by atoms with Crippen LogP contribution in [0.4, 0.5) is 5.82 Å². The highest BCUT2D eigenvalue weighted by Gasteiger charge is 2.41. The standard InChI is InChI=1S/C14H17N3/c1-10-3-5-11(6-4-10)14(7-2-8-14)12-9-13(15)17-16-12/h3-6,9H,2,7-8H2,1H3,(H3,15,16,17). The number of anilines is 1. The minimum atomic E-state index is 0.123. The van der Waals surface area contributed by atoms with Crippen LogP contribution in [0.5, 0.6) is 0 Å². The number of nitrogens with one attached hydrogen (secondary N) is 1. The average Bonchev–Trinajstić information content (AvgIpc) is 2.67. The third-order valence-electron chi connectivity index (χ3n) is 3.92. The molecule has 0 unspecified atom stereocenters. The van der Waals surface area contributed by atoms with Crippen LogP contribution in [-0.2, 0) is 5.41 Å². The van der Waals surface area contributed by atoms with Gasteiger partial charge in [-0.05, 0) is 25.3 Å². The fraction of sp³-hybridized carbons (Fsp3) is 0.357. The van der Waals surface area contributed by atoms with Gasteiger partial charge >= 0.3 is 0 Å². The summed E-state index contributed by atoms with van der Waals surface area (Å²) in [6.45, 7) is 2.12. The number of H-pyrrole nitrogens is 1. The first-order chi connectivity index (χ1) is 8.21. The molecule has 3 N–H and O–H groups in total. The van der Waals surface area contributed by atoms with E-state index in [0.29, 0.717) is 5.82 Å². The Balaban J connectivity index is 2.05. The lowest BCUT2D eigenvalue weighted by Crippen LogP contribution is -2.35. The van der Waals surface area contributed by atoms with E-state index < -0.39 is 0 Å². The van der Waals surface area contributed by atoms with E-state index >= 15 is 0 Å². The van der Waals surface area contributed by atoms with Gasteiger partial charge in [0, 0.05) is 17.2 Å². The van der Waals surface area contributed by atoms with Gasteiger partial charge in [0.15, 0.2) is 0 Å². The van der Waals surface area contributed by atoms with E-state index in [0.717, 1.165) is 5.69 Å². The summed E-state index contributed by atoms with van der Waals surface area (Å²) in [7, 11) is 0. The van der Waals surface area contributed by atoms with Crippen LogP contribution < -0.4 is 5.73 Å². The lowest BCUT2D eigenvalue weighted by molar-refractivity contribution is 0.293. The minimum absolute atomic E-state index is 0.123. The van der Waals surface area contributed by atoms with Crippen LogP contribution in [0, 0.1) is 6.92 Å². The van der Waals surface area contributed by atoms with Crippen LogP contribution in [0.15, 0.2) is 30.3 Å². The van der Waals surface area contributed by atoms with Gasteiger partial charge in [0.25, 0.3) is 0 Å². The molecule has 0 saturated heterocycles. The Labute approximate surface area is 101 Å². The lowest BCUT2D eigenvalue weighted by atomic mass is 9.62. The Morgan fingerprint density at radius 3 is 2.41 bits per heavy atom. The number of nitrogens with zero attached hydrogens (tertiary/aromatic N) is 1. The SMILES string of the molecule is Cc1ccc(C2(c3cc(N)n[nH]3)CCC2)cc1. The summed E-state index contributed by atoms with van der Waals surface area (Å²) in [5, 5.41) is 7.15. The molecule has 0 radical (unpaired) electrons. The third kappa shape index (κ3) is 1.54. The summed E-state index contributed by atoms with van der Waals surface area (Å²) in [5.74, 6) is 0.582. The molecule has 1 heterocycles. The molecule has 0 atom stereocenters. The second-order valence-corrected chi connectivity index (χ2v) is 5.01. The minimum Gasteiger partial charge on any atom is -0.382 e. The normalized spacial score (nSPS) is 17.7. The fourth-order valence-electron chi connectivity index (χ4n) is 2.70. The number of aromatic amines is 1. The summed E-state index contributed by atoms with van der Waals surface area (Å²) < 4.78 is 0. The molecule has 0 bridgehead atoms. The Bertz CT molecular complexity index is 521. The van der Waals surface area contributed by atoms with E-state index in [1.165, 1.54) is 30.4 Å². The van der Waals surface area contributed by atoms with Gasteiger partial charge in [0.05, 0.1) is 0 Å². The molecule has 1 aliphatic carbocycles. The van der Waals surface area contributed by atoms with Crippen molar-refractivity contribution in [2.45, 2.75) is 31.6 Å². The highest BCUT2D eigenvalue weighted by molar-refractivity contribution is 5.43. The summed E-state index contributed by atoms with van der Waals surface area (Å²) >= 11 is 0. The zero-order valence-electron chi connectivity index (χ0n) is 10.0. The Morgan fingerprint density at radius 2 is 1.94 bits per heavy atom. The zero-order chi connectivity index (χ0) is 11.9. The van der Waals surface area contributed by atoms with Crippen molar-refractivity contribution >= 4 is 5.82 Å². The number of nitrogen functional groups attached to an aromatic ring is 1. The predicted molar refractivity (Wildman–Crippen MR) is 68.8 cm³/mol. The molecular formula is C14H17N3. The smallest absolute Gasteiger partial charge is 0.145 e. The molecule has 1 aromatic carbocycles. The maximum atomic E-state index is 5.71. The van der Waals surface area contributed by atoms with Crippen molar-refractivity contribution in [2.75, 3.05) is 5.73 Å². The first-order valence-electron chi connectivity index (χ1n) is 6.09. The number of hydrogen-bond donors (Lipinski definition) is 2. The van der Waals surface area contributed by atoms with Gasteiger partial charge in [-0.3, -0.25) is 5.10 Å². The number of nitrogens with two attached hydrogens (primary N) is 1. The number of aromatic nitrogens is 2. The van der Waals surface area contributed by atoms with Crippen LogP contribution in [-0.4, -0.2) is 10.2 Å². The molecular weight excluding hydrogens is 210 g/mol. The lowest BCUT2D eigenvalue weighted by Gasteiger charge is -2.41. The molecule has 2 aromatic rings. The number of rotatable bonds is 2. The van der Waals surface area contributed by atoms with Crippen molar-refractivity contribution < 1.29 is 0 Å². The Kier molecular flexibility index (Phi) is 2.21. The molecule has 88 valence electrons. The van der Waals surface area contributed by atoms with E-state index in [4.69, 9.17) is 5.73 Å². The molecule has 1 fully saturated rings. The molecule has 0 amide bonds. The van der Waals surface area contributed by atoms with Gasteiger partial charge in [-0.1, -0.05) is 36.2 Å². The van der Waals surface area contributed by atoms with Crippen LogP contribution in [0.2, 0.25) is 0 Å². The molecule has 0 spiro atoms. The summed E-state index contributed by atoms with van der Waals surface area (Å²) in [5.41, 5.74) is 9.67. The third-order valence-corrected chi connectivity index (χ3v) is 3.92. The maximum absolute atomic E-state index is 5.71. The summed E-state index contributed by atoms with van der Waals surface area (Å²) in [6, 6.07) is 10.8. The van der Waals surface area contributed by atoms with Crippen molar-refractivity contribution in [2.24, 2.45) is 0 Å². The van der Waals surface area contributed by atoms with Gasteiger partial charge in [-0.2, -0.15) is 5.10 Å². The first-order valence-corrected chi connectivity index (χ1v) is 6.09. The average molecular weight is 227 g/mol. The van der Waals surface area contributed by atoms with E-state index in [2.05, 4.69) is 41.4 Å². The van der Waals surface area contributed by atoms with Crippen molar-refractivity contribution in [3.05, 3.63) is 47.2 Å². The Hall–Kier alpha value is -1.77. The predicted octanol–water partition coefficient (Wildman–Crippen LogP) is 2.77. The fourth-order valence-corrected chi connectivity index (χ4v) is 2.70. The van der Waals surface area contributed by atoms with Crippen molar-refractivity contribution in [3.63, 3.8) is 0 Å². The monoisotopic (exact) mass is 227 g/mol.